The van der Waals surface area contributed by atoms with Crippen LogP contribution in [0.25, 0.3) is 0 Å². The molecule has 1 N–H and O–H groups in total. The first kappa shape index (κ1) is 16.0. The van der Waals surface area contributed by atoms with Crippen LogP contribution in [0.2, 0.25) is 0 Å². The van der Waals surface area contributed by atoms with Crippen LogP contribution in [0.4, 0.5) is 0 Å². The van der Waals surface area contributed by atoms with Crippen molar-refractivity contribution in [1.82, 2.24) is 10.2 Å². The highest BCUT2D eigenvalue weighted by molar-refractivity contribution is 7.09. The van der Waals surface area contributed by atoms with Crippen LogP contribution in [0.5, 0.6) is 0 Å². The lowest BCUT2D eigenvalue weighted by Gasteiger charge is -2.42. The van der Waals surface area contributed by atoms with Gasteiger partial charge in [0.05, 0.1) is 0 Å². The van der Waals surface area contributed by atoms with Gasteiger partial charge in [0.2, 0.25) is 0 Å². The van der Waals surface area contributed by atoms with Gasteiger partial charge in [0.25, 0.3) is 0 Å². The Bertz CT molecular complexity index is 361. The van der Waals surface area contributed by atoms with Gasteiger partial charge in [-0.05, 0) is 50.6 Å². The summed E-state index contributed by atoms with van der Waals surface area (Å²) in [5, 5.41) is 5.65. The molecule has 0 atom stereocenters. The van der Waals surface area contributed by atoms with Crippen molar-refractivity contribution in [1.29, 1.82) is 0 Å². The minimum Gasteiger partial charge on any atom is -0.319 e. The monoisotopic (exact) mass is 294 g/mol. The third-order valence-electron chi connectivity index (χ3n) is 4.67. The molecule has 1 fully saturated rings. The normalized spacial score (nSPS) is 18.9. The largest absolute Gasteiger partial charge is 0.319 e. The third kappa shape index (κ3) is 4.31. The molecule has 114 valence electrons. The minimum absolute atomic E-state index is 0.495. The Morgan fingerprint density at radius 1 is 1.30 bits per heavy atom. The van der Waals surface area contributed by atoms with E-state index in [0.29, 0.717) is 11.5 Å². The number of hydrogen-bond acceptors (Lipinski definition) is 3. The Labute approximate surface area is 128 Å². The van der Waals surface area contributed by atoms with Crippen molar-refractivity contribution < 1.29 is 0 Å². The average Bonchev–Trinajstić information content (AvgIpc) is 2.92. The molecular formula is C17H30N2S. The zero-order valence-corrected chi connectivity index (χ0v) is 14.1. The summed E-state index contributed by atoms with van der Waals surface area (Å²) in [5.74, 6) is 0. The maximum absolute atomic E-state index is 3.46. The Balaban J connectivity index is 2.04. The van der Waals surface area contributed by atoms with E-state index >= 15 is 0 Å². The van der Waals surface area contributed by atoms with Crippen LogP contribution < -0.4 is 5.32 Å². The molecule has 0 bridgehead atoms. The first-order valence-corrected chi connectivity index (χ1v) is 8.94. The molecule has 0 spiro atoms. The highest BCUT2D eigenvalue weighted by Crippen LogP contribution is 2.37. The van der Waals surface area contributed by atoms with E-state index in [-0.39, 0.29) is 0 Å². The van der Waals surface area contributed by atoms with Gasteiger partial charge >= 0.3 is 0 Å². The van der Waals surface area contributed by atoms with Gasteiger partial charge in [0.15, 0.2) is 0 Å². The molecule has 0 saturated heterocycles. The fourth-order valence-electron chi connectivity index (χ4n) is 3.52. The van der Waals surface area contributed by atoms with E-state index in [4.69, 9.17) is 0 Å². The van der Waals surface area contributed by atoms with Gasteiger partial charge in [-0.15, -0.1) is 11.3 Å². The summed E-state index contributed by atoms with van der Waals surface area (Å²) in [5.41, 5.74) is 0.495. The summed E-state index contributed by atoms with van der Waals surface area (Å²) < 4.78 is 0. The van der Waals surface area contributed by atoms with Gasteiger partial charge in [-0.25, -0.2) is 0 Å². The van der Waals surface area contributed by atoms with Gasteiger partial charge in [0.1, 0.15) is 0 Å². The summed E-state index contributed by atoms with van der Waals surface area (Å²) in [6.45, 7) is 8.19. The standard InChI is InChI=1S/C17H30N2S/c1-15(2)19(12-16-8-7-11-20-16)14-17(13-18-3)9-5-4-6-10-17/h7-8,11,15,18H,4-6,9-10,12-14H2,1-3H3. The summed E-state index contributed by atoms with van der Waals surface area (Å²) in [6.07, 6.45) is 7.03. The topological polar surface area (TPSA) is 15.3 Å². The summed E-state index contributed by atoms with van der Waals surface area (Å²) in [7, 11) is 2.11. The molecule has 1 saturated carbocycles. The van der Waals surface area contributed by atoms with Crippen molar-refractivity contribution in [2.45, 2.75) is 58.5 Å². The van der Waals surface area contributed by atoms with Crippen LogP contribution in [-0.4, -0.2) is 31.1 Å². The molecule has 2 rings (SSSR count). The maximum Gasteiger partial charge on any atom is 0.0330 e. The van der Waals surface area contributed by atoms with E-state index in [2.05, 4.69) is 48.6 Å². The molecule has 0 unspecified atom stereocenters. The van der Waals surface area contributed by atoms with E-state index in [0.717, 1.165) is 6.54 Å². The average molecular weight is 295 g/mol. The maximum atomic E-state index is 3.46. The number of thiophene rings is 1. The van der Waals surface area contributed by atoms with E-state index in [9.17, 15) is 0 Å². The summed E-state index contributed by atoms with van der Waals surface area (Å²) >= 11 is 1.89. The molecule has 0 aliphatic heterocycles. The van der Waals surface area contributed by atoms with Gasteiger partial charge in [-0.1, -0.05) is 25.3 Å². The first-order valence-electron chi connectivity index (χ1n) is 8.06. The van der Waals surface area contributed by atoms with Gasteiger partial charge in [0, 0.05) is 30.6 Å². The van der Waals surface area contributed by atoms with Crippen LogP contribution in [-0.2, 0) is 6.54 Å². The summed E-state index contributed by atoms with van der Waals surface area (Å²) in [4.78, 5) is 4.17. The van der Waals surface area contributed by atoms with Crippen LogP contribution in [0, 0.1) is 5.41 Å². The zero-order chi connectivity index (χ0) is 14.4. The van der Waals surface area contributed by atoms with Crippen molar-refractivity contribution in [2.75, 3.05) is 20.1 Å². The molecule has 1 aromatic rings. The number of rotatable bonds is 7. The predicted molar refractivity (Wildman–Crippen MR) is 89.3 cm³/mol. The fourth-order valence-corrected chi connectivity index (χ4v) is 4.25. The zero-order valence-electron chi connectivity index (χ0n) is 13.3. The molecule has 1 aliphatic carbocycles. The van der Waals surface area contributed by atoms with E-state index in [1.807, 2.05) is 11.3 Å². The molecule has 3 heteroatoms. The van der Waals surface area contributed by atoms with Crippen molar-refractivity contribution in [3.05, 3.63) is 22.4 Å². The lowest BCUT2D eigenvalue weighted by molar-refractivity contribution is 0.0806. The van der Waals surface area contributed by atoms with Gasteiger partial charge < -0.3 is 5.32 Å². The van der Waals surface area contributed by atoms with Crippen molar-refractivity contribution in [3.8, 4) is 0 Å². The number of nitrogens with zero attached hydrogens (tertiary/aromatic N) is 1. The Kier molecular flexibility index (Phi) is 6.06. The van der Waals surface area contributed by atoms with Crippen LogP contribution >= 0.6 is 11.3 Å². The smallest absolute Gasteiger partial charge is 0.0330 e. The second-order valence-corrected chi connectivity index (χ2v) is 7.70. The van der Waals surface area contributed by atoms with Gasteiger partial charge in [-0.3, -0.25) is 4.90 Å². The van der Waals surface area contributed by atoms with Crippen LogP contribution in [0.15, 0.2) is 17.5 Å². The molecule has 1 heterocycles. The molecule has 0 aromatic carbocycles. The Hall–Kier alpha value is -0.380. The highest BCUT2D eigenvalue weighted by Gasteiger charge is 2.33. The molecule has 0 radical (unpaired) electrons. The third-order valence-corrected chi connectivity index (χ3v) is 5.53. The SMILES string of the molecule is CNCC1(CN(Cc2cccs2)C(C)C)CCCCC1. The Morgan fingerprint density at radius 3 is 2.60 bits per heavy atom. The fraction of sp³-hybridized carbons (Fsp3) is 0.765. The van der Waals surface area contributed by atoms with E-state index in [1.165, 1.54) is 50.1 Å². The minimum atomic E-state index is 0.495. The van der Waals surface area contributed by atoms with E-state index in [1.54, 1.807) is 0 Å². The Morgan fingerprint density at radius 2 is 2.05 bits per heavy atom. The van der Waals surface area contributed by atoms with Crippen molar-refractivity contribution in [2.24, 2.45) is 5.41 Å². The highest BCUT2D eigenvalue weighted by atomic mass is 32.1. The number of hydrogen-bond donors (Lipinski definition) is 1. The molecule has 1 aromatic heterocycles. The lowest BCUT2D eigenvalue weighted by atomic mass is 9.73. The summed E-state index contributed by atoms with van der Waals surface area (Å²) in [6, 6.07) is 5.06. The van der Waals surface area contributed by atoms with Crippen LogP contribution in [0.3, 0.4) is 0 Å². The predicted octanol–water partition coefficient (Wildman–Crippen LogP) is 4.13. The first-order chi connectivity index (χ1) is 9.65. The van der Waals surface area contributed by atoms with Gasteiger partial charge in [-0.2, -0.15) is 0 Å². The quantitative estimate of drug-likeness (QED) is 0.813. The second-order valence-electron chi connectivity index (χ2n) is 6.67. The van der Waals surface area contributed by atoms with Crippen LogP contribution in [0.1, 0.15) is 50.8 Å². The molecule has 0 amide bonds. The van der Waals surface area contributed by atoms with Crippen molar-refractivity contribution >= 4 is 11.3 Å². The second kappa shape index (κ2) is 7.58. The van der Waals surface area contributed by atoms with Crippen molar-refractivity contribution in [3.63, 3.8) is 0 Å². The number of nitrogens with one attached hydrogen (secondary N) is 1. The molecule has 1 aliphatic rings. The lowest BCUT2D eigenvalue weighted by Crippen LogP contribution is -2.46. The van der Waals surface area contributed by atoms with E-state index < -0.39 is 0 Å². The molecule has 2 nitrogen and oxygen atoms in total. The molecular weight excluding hydrogens is 264 g/mol. The molecule has 20 heavy (non-hydrogen) atoms.